The van der Waals surface area contributed by atoms with Crippen LogP contribution in [0, 0.1) is 5.82 Å². The third-order valence-electron chi connectivity index (χ3n) is 6.00. The molecule has 0 aliphatic heterocycles. The van der Waals surface area contributed by atoms with Crippen molar-refractivity contribution in [2.45, 2.75) is 0 Å². The Morgan fingerprint density at radius 3 is 2.05 bits per heavy atom. The molecule has 2 amide bonds. The number of anilines is 2. The Balaban J connectivity index is 1.51. The van der Waals surface area contributed by atoms with E-state index < -0.39 is 17.6 Å². The monoisotopic (exact) mass is 533 g/mol. The number of benzene rings is 4. The third kappa shape index (κ3) is 7.39. The first-order valence-electron chi connectivity index (χ1n) is 12.5. The van der Waals surface area contributed by atoms with Gasteiger partial charge in [-0.05, 0) is 78.4 Å². The maximum Gasteiger partial charge on any atom is 0.272 e. The fourth-order valence-electron chi connectivity index (χ4n) is 3.77. The molecule has 0 aromatic heterocycles. The number of hydrogen-bond acceptors (Lipinski definition) is 4. The van der Waals surface area contributed by atoms with Crippen molar-refractivity contribution in [1.29, 1.82) is 0 Å². The molecule has 2 N–H and O–H groups in total. The van der Waals surface area contributed by atoms with Crippen LogP contribution in [-0.4, -0.2) is 31.7 Å². The third-order valence-corrected chi connectivity index (χ3v) is 6.00. The minimum Gasteiger partial charge on any atom is -0.378 e. The van der Waals surface area contributed by atoms with Crippen LogP contribution < -0.4 is 15.5 Å². The van der Waals surface area contributed by atoms with Gasteiger partial charge in [0.2, 0.25) is 0 Å². The van der Waals surface area contributed by atoms with E-state index in [1.54, 1.807) is 78.9 Å². The minimum atomic E-state index is -0.528. The average Bonchev–Trinajstić information content (AvgIpc) is 2.97. The summed E-state index contributed by atoms with van der Waals surface area (Å²) in [6.07, 6.45) is 4.32. The number of nitrogens with zero attached hydrogens (tertiary/aromatic N) is 1. The van der Waals surface area contributed by atoms with E-state index in [4.69, 9.17) is 0 Å². The number of amides is 2. The normalized spacial score (nSPS) is 11.2. The van der Waals surface area contributed by atoms with Gasteiger partial charge in [0.05, 0.1) is 0 Å². The molecule has 0 saturated heterocycles. The van der Waals surface area contributed by atoms with E-state index in [1.165, 1.54) is 18.2 Å². The molecule has 40 heavy (non-hydrogen) atoms. The van der Waals surface area contributed by atoms with Crippen molar-refractivity contribution >= 4 is 41.1 Å². The Kier molecular flexibility index (Phi) is 8.99. The summed E-state index contributed by atoms with van der Waals surface area (Å²) in [6.45, 7) is 0. The average molecular weight is 534 g/mol. The Morgan fingerprint density at radius 2 is 1.40 bits per heavy atom. The number of halogens is 1. The van der Waals surface area contributed by atoms with Crippen molar-refractivity contribution in [3.8, 4) is 0 Å². The molecule has 0 saturated carbocycles. The van der Waals surface area contributed by atoms with Gasteiger partial charge in [-0.15, -0.1) is 0 Å². The van der Waals surface area contributed by atoms with Crippen molar-refractivity contribution < 1.29 is 18.8 Å². The molecule has 4 aromatic carbocycles. The zero-order chi connectivity index (χ0) is 28.5. The molecule has 6 nitrogen and oxygen atoms in total. The highest BCUT2D eigenvalue weighted by Crippen LogP contribution is 2.17. The van der Waals surface area contributed by atoms with Gasteiger partial charge in [0.15, 0.2) is 5.78 Å². The molecule has 4 aromatic rings. The first-order chi connectivity index (χ1) is 19.3. The summed E-state index contributed by atoms with van der Waals surface area (Å²) < 4.78 is 13.8. The van der Waals surface area contributed by atoms with Gasteiger partial charge in [0.1, 0.15) is 11.5 Å². The van der Waals surface area contributed by atoms with Crippen molar-refractivity contribution in [3.63, 3.8) is 0 Å². The summed E-state index contributed by atoms with van der Waals surface area (Å²) in [5.41, 5.74) is 3.31. The molecule has 0 aliphatic rings. The lowest BCUT2D eigenvalue weighted by Crippen LogP contribution is -2.30. The van der Waals surface area contributed by atoms with Crippen molar-refractivity contribution in [2.75, 3.05) is 24.3 Å². The summed E-state index contributed by atoms with van der Waals surface area (Å²) in [5, 5.41) is 5.48. The predicted molar refractivity (Wildman–Crippen MR) is 157 cm³/mol. The summed E-state index contributed by atoms with van der Waals surface area (Å²) in [6, 6.07) is 28.6. The molecule has 7 heteroatoms. The smallest absolute Gasteiger partial charge is 0.272 e. The summed E-state index contributed by atoms with van der Waals surface area (Å²) in [7, 11) is 3.87. The maximum atomic E-state index is 13.8. The van der Waals surface area contributed by atoms with Crippen molar-refractivity contribution in [1.82, 2.24) is 5.32 Å². The molecular formula is C33H28FN3O3. The van der Waals surface area contributed by atoms with Crippen LogP contribution in [0.15, 0.2) is 115 Å². The van der Waals surface area contributed by atoms with Crippen LogP contribution in [0.2, 0.25) is 0 Å². The SMILES string of the molecule is CN(C)c1ccc(/C=C(\NC(=O)c2ccccc2)C(=O)Nc2ccc(C(=O)/C=C/c3ccccc3F)cc2)cc1. The van der Waals surface area contributed by atoms with Crippen LogP contribution in [0.1, 0.15) is 31.8 Å². The molecule has 0 unspecified atom stereocenters. The molecule has 0 atom stereocenters. The zero-order valence-corrected chi connectivity index (χ0v) is 22.1. The van der Waals surface area contributed by atoms with Crippen LogP contribution in [0.5, 0.6) is 0 Å². The van der Waals surface area contributed by atoms with Crippen LogP contribution in [-0.2, 0) is 4.79 Å². The fraction of sp³-hybridized carbons (Fsp3) is 0.0606. The molecule has 0 aliphatic carbocycles. The maximum absolute atomic E-state index is 13.8. The lowest BCUT2D eigenvalue weighted by molar-refractivity contribution is -0.113. The standard InChI is InChI=1S/C33H28FN3O3/c1-37(2)28-19-12-23(13-20-28)22-30(36-32(39)26-9-4-3-5-10-26)33(40)35-27-17-14-25(15-18-27)31(38)21-16-24-8-6-7-11-29(24)34/h3-22H,1-2H3,(H,35,40)(H,36,39)/b21-16+,30-22-. The van der Waals surface area contributed by atoms with Gasteiger partial charge < -0.3 is 15.5 Å². The number of ketones is 1. The number of allylic oxidation sites excluding steroid dienone is 1. The van der Waals surface area contributed by atoms with Crippen LogP contribution in [0.25, 0.3) is 12.2 Å². The fourth-order valence-corrected chi connectivity index (χ4v) is 3.77. The zero-order valence-electron chi connectivity index (χ0n) is 22.1. The van der Waals surface area contributed by atoms with Gasteiger partial charge in [-0.25, -0.2) is 4.39 Å². The number of nitrogens with one attached hydrogen (secondary N) is 2. The highest BCUT2D eigenvalue weighted by atomic mass is 19.1. The molecule has 0 radical (unpaired) electrons. The van der Waals surface area contributed by atoms with Gasteiger partial charge in [-0.2, -0.15) is 0 Å². The van der Waals surface area contributed by atoms with Gasteiger partial charge in [-0.3, -0.25) is 14.4 Å². The van der Waals surface area contributed by atoms with Gasteiger partial charge >= 0.3 is 0 Å². The molecular weight excluding hydrogens is 505 g/mol. The van der Waals surface area contributed by atoms with E-state index in [0.717, 1.165) is 11.3 Å². The summed E-state index contributed by atoms with van der Waals surface area (Å²) in [5.74, 6) is -1.67. The number of rotatable bonds is 9. The van der Waals surface area contributed by atoms with E-state index in [9.17, 15) is 18.8 Å². The first-order valence-corrected chi connectivity index (χ1v) is 12.5. The van der Waals surface area contributed by atoms with Crippen LogP contribution in [0.4, 0.5) is 15.8 Å². The topological polar surface area (TPSA) is 78.5 Å². The highest BCUT2D eigenvalue weighted by molar-refractivity contribution is 6.11. The van der Waals surface area contributed by atoms with E-state index in [2.05, 4.69) is 10.6 Å². The van der Waals surface area contributed by atoms with E-state index in [0.29, 0.717) is 22.4 Å². The molecule has 0 bridgehead atoms. The Morgan fingerprint density at radius 1 is 0.750 bits per heavy atom. The van der Waals surface area contributed by atoms with Crippen molar-refractivity contribution in [2.24, 2.45) is 0 Å². The lowest BCUT2D eigenvalue weighted by Gasteiger charge is -2.13. The van der Waals surface area contributed by atoms with E-state index >= 15 is 0 Å². The second-order valence-corrected chi connectivity index (χ2v) is 9.11. The molecule has 200 valence electrons. The van der Waals surface area contributed by atoms with Crippen LogP contribution in [0.3, 0.4) is 0 Å². The number of carbonyl (C=O) groups excluding carboxylic acids is 3. The van der Waals surface area contributed by atoms with Crippen LogP contribution >= 0.6 is 0 Å². The Bertz CT molecular complexity index is 1560. The van der Waals surface area contributed by atoms with E-state index in [1.807, 2.05) is 43.3 Å². The van der Waals surface area contributed by atoms with Crippen molar-refractivity contribution in [3.05, 3.63) is 143 Å². The van der Waals surface area contributed by atoms with Gasteiger partial charge in [-0.1, -0.05) is 48.5 Å². The Hall–Kier alpha value is -5.30. The first kappa shape index (κ1) is 27.7. The van der Waals surface area contributed by atoms with E-state index in [-0.39, 0.29) is 11.5 Å². The largest absolute Gasteiger partial charge is 0.378 e. The minimum absolute atomic E-state index is 0.0550. The number of hydrogen-bond donors (Lipinski definition) is 2. The summed E-state index contributed by atoms with van der Waals surface area (Å²) >= 11 is 0. The quantitative estimate of drug-likeness (QED) is 0.198. The second kappa shape index (κ2) is 13.0. The second-order valence-electron chi connectivity index (χ2n) is 9.11. The summed E-state index contributed by atoms with van der Waals surface area (Å²) in [4.78, 5) is 40.6. The van der Waals surface area contributed by atoms with Gasteiger partial charge in [0, 0.05) is 42.2 Å². The number of carbonyl (C=O) groups is 3. The lowest BCUT2D eigenvalue weighted by atomic mass is 10.1. The predicted octanol–water partition coefficient (Wildman–Crippen LogP) is 6.20. The molecule has 0 spiro atoms. The highest BCUT2D eigenvalue weighted by Gasteiger charge is 2.15. The molecule has 4 rings (SSSR count). The Labute approximate surface area is 232 Å². The van der Waals surface area contributed by atoms with Gasteiger partial charge in [0.25, 0.3) is 11.8 Å². The molecule has 0 fully saturated rings. The molecule has 0 heterocycles.